The molecule has 2 heterocycles. The van der Waals surface area contributed by atoms with Gasteiger partial charge in [-0.2, -0.15) is 5.10 Å². The van der Waals surface area contributed by atoms with E-state index in [4.69, 9.17) is 13.0 Å². The molecule has 1 aliphatic rings. The van der Waals surface area contributed by atoms with E-state index in [1.54, 1.807) is 6.20 Å². The predicted molar refractivity (Wildman–Crippen MR) is 72.5 cm³/mol. The summed E-state index contributed by atoms with van der Waals surface area (Å²) in [6, 6.07) is 2.08. The lowest BCUT2D eigenvalue weighted by Crippen LogP contribution is -2.38. The Labute approximate surface area is 112 Å². The molecule has 2 radical (unpaired) electrons. The van der Waals surface area contributed by atoms with Crippen LogP contribution in [0.4, 0.5) is 0 Å². The minimum Gasteiger partial charge on any atom is -0.393 e. The third-order valence-electron chi connectivity index (χ3n) is 3.98. The Kier molecular flexibility index (Phi) is 3.07. The van der Waals surface area contributed by atoms with Crippen LogP contribution in [-0.2, 0) is 0 Å². The summed E-state index contributed by atoms with van der Waals surface area (Å²) in [6.45, 7) is -0.165. The Morgan fingerprint density at radius 3 is 2.84 bits per heavy atom. The van der Waals surface area contributed by atoms with Crippen LogP contribution < -0.4 is 5.59 Å². The molecule has 0 aliphatic heterocycles. The summed E-state index contributed by atoms with van der Waals surface area (Å²) >= 11 is 0. The molecule has 98 valence electrons. The number of fused-ring (bicyclic) bond motifs is 1. The van der Waals surface area contributed by atoms with Crippen molar-refractivity contribution in [2.45, 2.75) is 37.3 Å². The summed E-state index contributed by atoms with van der Waals surface area (Å²) in [6.07, 6.45) is 6.48. The van der Waals surface area contributed by atoms with Gasteiger partial charge in [0.15, 0.2) is 0 Å². The normalized spacial score (nSPS) is 27.8. The molecule has 0 bridgehead atoms. The first-order valence-electron chi connectivity index (χ1n) is 6.53. The molecule has 0 atom stereocenters. The minimum atomic E-state index is -0.908. The van der Waals surface area contributed by atoms with E-state index in [2.05, 4.69) is 10.1 Å². The number of hydrogen-bond donors (Lipinski definition) is 2. The number of hydrogen-bond acceptors (Lipinski definition) is 4. The van der Waals surface area contributed by atoms with Crippen LogP contribution in [0.2, 0.25) is 0 Å². The highest BCUT2D eigenvalue weighted by Crippen LogP contribution is 2.34. The van der Waals surface area contributed by atoms with Crippen LogP contribution in [0.1, 0.15) is 31.7 Å². The topological polar surface area (TPSA) is 71.2 Å². The lowest BCUT2D eigenvalue weighted by atomic mass is 9.83. The van der Waals surface area contributed by atoms with Crippen molar-refractivity contribution in [1.29, 1.82) is 0 Å². The second-order valence-electron chi connectivity index (χ2n) is 5.39. The van der Waals surface area contributed by atoms with E-state index in [-0.39, 0.29) is 12.6 Å². The van der Waals surface area contributed by atoms with Crippen molar-refractivity contribution in [3.8, 4) is 0 Å². The summed E-state index contributed by atoms with van der Waals surface area (Å²) in [4.78, 5) is 4.03. The zero-order chi connectivity index (χ0) is 13.5. The molecular formula is C13H16BN3O2. The van der Waals surface area contributed by atoms with Crippen LogP contribution in [-0.4, -0.2) is 45.0 Å². The Bertz CT molecular complexity index is 591. The summed E-state index contributed by atoms with van der Waals surface area (Å²) in [5.74, 6) is 0. The van der Waals surface area contributed by atoms with Gasteiger partial charge in [0.25, 0.3) is 0 Å². The van der Waals surface area contributed by atoms with Crippen molar-refractivity contribution >= 4 is 24.3 Å². The summed E-state index contributed by atoms with van der Waals surface area (Å²) in [5.41, 5.74) is 0.414. The first-order chi connectivity index (χ1) is 9.09. The Balaban J connectivity index is 1.82. The molecule has 0 aromatic carbocycles. The molecule has 6 heteroatoms. The highest BCUT2D eigenvalue weighted by molar-refractivity contribution is 6.31. The standard InChI is InChI=1S/C13H16BN3O2/c14-12-5-9-7-17(16-11(9)6-15-12)10-1-3-13(19,8-18)4-2-10/h5-7,10,18-19H,1-4,8H2. The van der Waals surface area contributed by atoms with Crippen molar-refractivity contribution in [3.05, 3.63) is 18.5 Å². The summed E-state index contributed by atoms with van der Waals surface area (Å²) in [7, 11) is 5.66. The first-order valence-corrected chi connectivity index (χ1v) is 6.53. The molecule has 5 nitrogen and oxygen atoms in total. The van der Waals surface area contributed by atoms with Crippen molar-refractivity contribution in [3.63, 3.8) is 0 Å². The lowest BCUT2D eigenvalue weighted by Gasteiger charge is -2.34. The van der Waals surface area contributed by atoms with Gasteiger partial charge in [0.1, 0.15) is 13.4 Å². The van der Waals surface area contributed by atoms with Crippen molar-refractivity contribution < 1.29 is 10.2 Å². The third kappa shape index (κ3) is 2.38. The molecule has 0 saturated heterocycles. The smallest absolute Gasteiger partial charge is 0.141 e. The molecule has 0 unspecified atom stereocenters. The van der Waals surface area contributed by atoms with Crippen LogP contribution in [0.25, 0.3) is 10.9 Å². The zero-order valence-corrected chi connectivity index (χ0v) is 10.7. The number of rotatable bonds is 2. The maximum absolute atomic E-state index is 10.0. The maximum Gasteiger partial charge on any atom is 0.141 e. The summed E-state index contributed by atoms with van der Waals surface area (Å²) in [5, 5.41) is 24.7. The van der Waals surface area contributed by atoms with Gasteiger partial charge in [-0.25, -0.2) is 0 Å². The van der Waals surface area contributed by atoms with Crippen LogP contribution in [0.3, 0.4) is 0 Å². The molecule has 2 aromatic rings. The van der Waals surface area contributed by atoms with E-state index < -0.39 is 5.60 Å². The number of nitrogens with zero attached hydrogens (tertiary/aromatic N) is 3. The first kappa shape index (κ1) is 12.6. The maximum atomic E-state index is 10.0. The number of pyridine rings is 1. The molecule has 3 rings (SSSR count). The van der Waals surface area contributed by atoms with E-state index in [9.17, 15) is 5.11 Å². The van der Waals surface area contributed by atoms with Gasteiger partial charge in [-0.05, 0) is 37.3 Å². The average molecular weight is 257 g/mol. The molecule has 1 saturated carbocycles. The molecule has 1 fully saturated rings. The monoisotopic (exact) mass is 257 g/mol. The Hall–Kier alpha value is -1.40. The quantitative estimate of drug-likeness (QED) is 0.746. The molecule has 0 amide bonds. The van der Waals surface area contributed by atoms with Gasteiger partial charge in [0, 0.05) is 11.6 Å². The van der Waals surface area contributed by atoms with E-state index in [0.717, 1.165) is 23.7 Å². The van der Waals surface area contributed by atoms with E-state index in [0.29, 0.717) is 18.4 Å². The molecule has 0 spiro atoms. The second kappa shape index (κ2) is 4.61. The van der Waals surface area contributed by atoms with E-state index in [1.807, 2.05) is 16.9 Å². The largest absolute Gasteiger partial charge is 0.393 e. The molecule has 2 aromatic heterocycles. The van der Waals surface area contributed by atoms with E-state index >= 15 is 0 Å². The fourth-order valence-electron chi connectivity index (χ4n) is 2.71. The zero-order valence-electron chi connectivity index (χ0n) is 10.7. The van der Waals surface area contributed by atoms with Crippen LogP contribution in [0, 0.1) is 0 Å². The predicted octanol–water partition coefficient (Wildman–Crippen LogP) is 0.0636. The SMILES string of the molecule is [B]c1cc2cn(C3CCC(O)(CO)CC3)nc2cn1. The summed E-state index contributed by atoms with van der Waals surface area (Å²) < 4.78 is 1.93. The van der Waals surface area contributed by atoms with Gasteiger partial charge < -0.3 is 10.2 Å². The van der Waals surface area contributed by atoms with Crippen molar-refractivity contribution in [1.82, 2.24) is 14.8 Å². The Morgan fingerprint density at radius 2 is 2.16 bits per heavy atom. The lowest BCUT2D eigenvalue weighted by molar-refractivity contribution is -0.0510. The van der Waals surface area contributed by atoms with Crippen molar-refractivity contribution in [2.75, 3.05) is 6.61 Å². The highest BCUT2D eigenvalue weighted by atomic mass is 16.3. The van der Waals surface area contributed by atoms with Crippen LogP contribution in [0.5, 0.6) is 0 Å². The fourth-order valence-corrected chi connectivity index (χ4v) is 2.71. The fraction of sp³-hybridized carbons (Fsp3) is 0.538. The second-order valence-corrected chi connectivity index (χ2v) is 5.39. The molecule has 19 heavy (non-hydrogen) atoms. The van der Waals surface area contributed by atoms with Crippen LogP contribution >= 0.6 is 0 Å². The van der Waals surface area contributed by atoms with E-state index in [1.165, 1.54) is 0 Å². The number of aliphatic hydroxyl groups excluding tert-OH is 1. The van der Waals surface area contributed by atoms with Crippen LogP contribution in [0.15, 0.2) is 18.5 Å². The van der Waals surface area contributed by atoms with Crippen molar-refractivity contribution in [2.24, 2.45) is 0 Å². The van der Waals surface area contributed by atoms with Gasteiger partial charge in [-0.3, -0.25) is 9.67 Å². The minimum absolute atomic E-state index is 0.165. The van der Waals surface area contributed by atoms with Gasteiger partial charge in [-0.15, -0.1) is 0 Å². The van der Waals surface area contributed by atoms with Gasteiger partial charge in [-0.1, -0.05) is 0 Å². The molecule has 1 aliphatic carbocycles. The van der Waals surface area contributed by atoms with Gasteiger partial charge >= 0.3 is 0 Å². The number of aromatic nitrogens is 3. The average Bonchev–Trinajstić information content (AvgIpc) is 2.82. The Morgan fingerprint density at radius 1 is 1.42 bits per heavy atom. The third-order valence-corrected chi connectivity index (χ3v) is 3.98. The van der Waals surface area contributed by atoms with Gasteiger partial charge in [0.2, 0.25) is 0 Å². The molecular weight excluding hydrogens is 241 g/mol. The number of aliphatic hydroxyl groups is 2. The highest BCUT2D eigenvalue weighted by Gasteiger charge is 2.33. The molecule has 2 N–H and O–H groups in total. The van der Waals surface area contributed by atoms with Gasteiger partial charge in [0.05, 0.1) is 24.4 Å².